The second kappa shape index (κ2) is 7.68. The molecule has 1 saturated heterocycles. The zero-order chi connectivity index (χ0) is 19.0. The summed E-state index contributed by atoms with van der Waals surface area (Å²) in [6, 6.07) is 6.15. The molecule has 28 heavy (non-hydrogen) atoms. The highest BCUT2D eigenvalue weighted by atomic mass is 16.5. The van der Waals surface area contributed by atoms with E-state index in [0.717, 1.165) is 53.8 Å². The summed E-state index contributed by atoms with van der Waals surface area (Å²) in [6.45, 7) is 4.63. The molecule has 2 saturated carbocycles. The van der Waals surface area contributed by atoms with Crippen LogP contribution >= 0.6 is 0 Å². The lowest BCUT2D eigenvalue weighted by Crippen LogP contribution is -2.38. The van der Waals surface area contributed by atoms with Gasteiger partial charge >= 0.3 is 0 Å². The van der Waals surface area contributed by atoms with E-state index >= 15 is 0 Å². The largest absolute Gasteiger partial charge is 0.493 e. The minimum atomic E-state index is 0.244. The summed E-state index contributed by atoms with van der Waals surface area (Å²) in [4.78, 5) is 2.56. The number of piperidine rings is 1. The molecular formula is C23H32N2O3. The van der Waals surface area contributed by atoms with Gasteiger partial charge in [0, 0.05) is 30.0 Å². The number of benzene rings is 1. The average molecular weight is 385 g/mol. The molecule has 3 aliphatic rings. The summed E-state index contributed by atoms with van der Waals surface area (Å²) in [5.74, 6) is 2.42. The van der Waals surface area contributed by atoms with Crippen molar-refractivity contribution in [1.82, 2.24) is 10.1 Å². The van der Waals surface area contributed by atoms with E-state index in [0.29, 0.717) is 6.61 Å². The van der Waals surface area contributed by atoms with Crippen LogP contribution in [-0.4, -0.2) is 48.0 Å². The molecule has 5 nitrogen and oxygen atoms in total. The van der Waals surface area contributed by atoms with E-state index in [1.807, 2.05) is 6.07 Å². The first-order chi connectivity index (χ1) is 13.7. The fourth-order valence-electron chi connectivity index (χ4n) is 4.53. The van der Waals surface area contributed by atoms with Crippen LogP contribution in [0.4, 0.5) is 0 Å². The number of likely N-dealkylation sites (tertiary alicyclic amines) is 1. The summed E-state index contributed by atoms with van der Waals surface area (Å²) in [6.07, 6.45) is 9.70. The Morgan fingerprint density at radius 3 is 2.68 bits per heavy atom. The monoisotopic (exact) mass is 384 g/mol. The Bertz CT molecular complexity index is 801. The molecule has 1 aromatic heterocycles. The van der Waals surface area contributed by atoms with Gasteiger partial charge in [-0.2, -0.15) is 0 Å². The number of aromatic nitrogens is 1. The molecule has 152 valence electrons. The van der Waals surface area contributed by atoms with Gasteiger partial charge in [-0.3, -0.25) is 0 Å². The highest BCUT2D eigenvalue weighted by molar-refractivity contribution is 5.80. The van der Waals surface area contributed by atoms with Crippen molar-refractivity contribution >= 4 is 11.0 Å². The van der Waals surface area contributed by atoms with Crippen LogP contribution < -0.4 is 4.74 Å². The van der Waals surface area contributed by atoms with Crippen LogP contribution in [0.3, 0.4) is 0 Å². The van der Waals surface area contributed by atoms with Crippen LogP contribution in [0.1, 0.15) is 50.6 Å². The van der Waals surface area contributed by atoms with Crippen LogP contribution in [0.15, 0.2) is 22.7 Å². The SMILES string of the molecule is OCC1(CN2CCC(CCc3noc4cc(OCC5CC5)ccc34)CC2)CC1. The number of aliphatic hydroxyl groups is 1. The number of rotatable bonds is 9. The Morgan fingerprint density at radius 1 is 1.14 bits per heavy atom. The van der Waals surface area contributed by atoms with Gasteiger partial charge in [-0.05, 0) is 88.4 Å². The Balaban J connectivity index is 1.11. The molecular weight excluding hydrogens is 352 g/mol. The van der Waals surface area contributed by atoms with Crippen molar-refractivity contribution in [2.45, 2.75) is 51.4 Å². The fourth-order valence-corrected chi connectivity index (χ4v) is 4.53. The Hall–Kier alpha value is -1.59. The molecule has 0 bridgehead atoms. The first-order valence-corrected chi connectivity index (χ1v) is 11.1. The second-order valence-corrected chi connectivity index (χ2v) is 9.46. The van der Waals surface area contributed by atoms with Gasteiger partial charge in [0.2, 0.25) is 0 Å². The molecule has 0 radical (unpaired) electrons. The van der Waals surface area contributed by atoms with Gasteiger partial charge in [-0.1, -0.05) is 5.16 Å². The van der Waals surface area contributed by atoms with Crippen molar-refractivity contribution in [2.75, 3.05) is 32.8 Å². The molecule has 1 aliphatic heterocycles. The highest BCUT2D eigenvalue weighted by Gasteiger charge is 2.43. The van der Waals surface area contributed by atoms with E-state index in [9.17, 15) is 5.11 Å². The Kier molecular flexibility index (Phi) is 5.06. The maximum Gasteiger partial charge on any atom is 0.170 e. The molecule has 2 aromatic rings. The lowest BCUT2D eigenvalue weighted by molar-refractivity contribution is 0.115. The summed E-state index contributed by atoms with van der Waals surface area (Å²) in [5, 5.41) is 15.0. The quantitative estimate of drug-likeness (QED) is 0.707. The third-order valence-corrected chi connectivity index (χ3v) is 7.05. The molecule has 2 aliphatic carbocycles. The topological polar surface area (TPSA) is 58.7 Å². The lowest BCUT2D eigenvalue weighted by atomic mass is 9.90. The Morgan fingerprint density at radius 2 is 1.96 bits per heavy atom. The fraction of sp³-hybridized carbons (Fsp3) is 0.696. The van der Waals surface area contributed by atoms with E-state index < -0.39 is 0 Å². The lowest BCUT2D eigenvalue weighted by Gasteiger charge is -2.34. The van der Waals surface area contributed by atoms with Crippen molar-refractivity contribution in [3.05, 3.63) is 23.9 Å². The third kappa shape index (κ3) is 4.20. The maximum atomic E-state index is 9.54. The maximum absolute atomic E-state index is 9.54. The molecule has 0 amide bonds. The molecule has 1 aromatic carbocycles. The van der Waals surface area contributed by atoms with Gasteiger partial charge in [0.1, 0.15) is 5.75 Å². The zero-order valence-electron chi connectivity index (χ0n) is 16.7. The van der Waals surface area contributed by atoms with Crippen molar-refractivity contribution in [3.8, 4) is 5.75 Å². The molecule has 0 atom stereocenters. The van der Waals surface area contributed by atoms with Crippen LogP contribution in [0.25, 0.3) is 11.0 Å². The van der Waals surface area contributed by atoms with E-state index in [1.165, 1.54) is 58.0 Å². The minimum absolute atomic E-state index is 0.244. The standard InChI is InChI=1S/C23H32N2O3/c26-16-23(9-10-23)15-25-11-7-17(8-12-25)3-6-21-20-5-4-19(13-22(20)28-24-21)27-14-18-1-2-18/h4-5,13,17-18,26H,1-3,6-12,14-16H2. The number of aryl methyl sites for hydroxylation is 1. The third-order valence-electron chi connectivity index (χ3n) is 7.05. The van der Waals surface area contributed by atoms with Crippen molar-refractivity contribution in [2.24, 2.45) is 17.3 Å². The summed E-state index contributed by atoms with van der Waals surface area (Å²) < 4.78 is 11.4. The number of nitrogens with zero attached hydrogens (tertiary/aromatic N) is 2. The second-order valence-electron chi connectivity index (χ2n) is 9.46. The van der Waals surface area contributed by atoms with Crippen LogP contribution in [0.5, 0.6) is 5.75 Å². The Labute approximate surface area is 167 Å². The normalized spacial score (nSPS) is 22.6. The van der Waals surface area contributed by atoms with Gasteiger partial charge in [0.25, 0.3) is 0 Å². The molecule has 5 heteroatoms. The van der Waals surface area contributed by atoms with Crippen molar-refractivity contribution in [1.29, 1.82) is 0 Å². The predicted molar refractivity (Wildman–Crippen MR) is 108 cm³/mol. The van der Waals surface area contributed by atoms with E-state index in [2.05, 4.69) is 22.2 Å². The number of fused-ring (bicyclic) bond motifs is 1. The number of hydrogen-bond donors (Lipinski definition) is 1. The summed E-state index contributed by atoms with van der Waals surface area (Å²) in [5.41, 5.74) is 2.17. The summed E-state index contributed by atoms with van der Waals surface area (Å²) >= 11 is 0. The van der Waals surface area contributed by atoms with Crippen LogP contribution in [0, 0.1) is 17.3 Å². The number of ether oxygens (including phenoxy) is 1. The van der Waals surface area contributed by atoms with Crippen molar-refractivity contribution < 1.29 is 14.4 Å². The minimum Gasteiger partial charge on any atom is -0.493 e. The van der Waals surface area contributed by atoms with Gasteiger partial charge < -0.3 is 19.3 Å². The van der Waals surface area contributed by atoms with Crippen LogP contribution in [0.2, 0.25) is 0 Å². The van der Waals surface area contributed by atoms with Gasteiger partial charge in [0.05, 0.1) is 12.3 Å². The molecule has 2 heterocycles. The van der Waals surface area contributed by atoms with Gasteiger partial charge in [0.15, 0.2) is 5.58 Å². The molecule has 3 fully saturated rings. The van der Waals surface area contributed by atoms with Crippen molar-refractivity contribution in [3.63, 3.8) is 0 Å². The molecule has 0 spiro atoms. The van der Waals surface area contributed by atoms with E-state index in [4.69, 9.17) is 9.26 Å². The molecule has 5 rings (SSSR count). The number of aliphatic hydroxyl groups excluding tert-OH is 1. The molecule has 1 N–H and O–H groups in total. The average Bonchev–Trinajstić information content (AvgIpc) is 3.65. The number of hydrogen-bond acceptors (Lipinski definition) is 5. The first kappa shape index (κ1) is 18.4. The van der Waals surface area contributed by atoms with Crippen LogP contribution in [-0.2, 0) is 6.42 Å². The van der Waals surface area contributed by atoms with E-state index in [1.54, 1.807) is 0 Å². The first-order valence-electron chi connectivity index (χ1n) is 11.1. The predicted octanol–water partition coefficient (Wildman–Crippen LogP) is 4.03. The highest BCUT2D eigenvalue weighted by Crippen LogP contribution is 2.46. The smallest absolute Gasteiger partial charge is 0.170 e. The molecule has 0 unspecified atom stereocenters. The van der Waals surface area contributed by atoms with Gasteiger partial charge in [-0.25, -0.2) is 0 Å². The summed E-state index contributed by atoms with van der Waals surface area (Å²) in [7, 11) is 0. The van der Waals surface area contributed by atoms with Gasteiger partial charge in [-0.15, -0.1) is 0 Å². The van der Waals surface area contributed by atoms with E-state index in [-0.39, 0.29) is 5.41 Å². The zero-order valence-corrected chi connectivity index (χ0v) is 16.7.